The summed E-state index contributed by atoms with van der Waals surface area (Å²) in [5.74, 6) is 0.893. The van der Waals surface area contributed by atoms with Gasteiger partial charge in [-0.25, -0.2) is 4.98 Å². The number of hydrogen-bond donors (Lipinski definition) is 0. The molecule has 16 heavy (non-hydrogen) atoms. The summed E-state index contributed by atoms with van der Waals surface area (Å²) in [5.41, 5.74) is 1.06. The first-order valence-electron chi connectivity index (χ1n) is 6.04. The van der Waals surface area contributed by atoms with Crippen LogP contribution >= 0.6 is 11.6 Å². The Labute approximate surface area is 103 Å². The highest BCUT2D eigenvalue weighted by Gasteiger charge is 2.16. The van der Waals surface area contributed by atoms with Crippen molar-refractivity contribution in [2.75, 3.05) is 13.6 Å². The summed E-state index contributed by atoms with van der Waals surface area (Å²) in [4.78, 5) is 6.67. The molecule has 1 saturated carbocycles. The van der Waals surface area contributed by atoms with E-state index < -0.39 is 0 Å². The van der Waals surface area contributed by atoms with Crippen LogP contribution in [0.1, 0.15) is 31.4 Å². The molecule has 1 heterocycles. The van der Waals surface area contributed by atoms with Crippen molar-refractivity contribution in [1.82, 2.24) is 9.88 Å². The Hall–Kier alpha value is -0.600. The molecule has 0 amide bonds. The van der Waals surface area contributed by atoms with Gasteiger partial charge in [-0.15, -0.1) is 0 Å². The zero-order valence-electron chi connectivity index (χ0n) is 9.82. The minimum Gasteiger partial charge on any atom is -0.300 e. The van der Waals surface area contributed by atoms with Crippen LogP contribution in [0.4, 0.5) is 0 Å². The van der Waals surface area contributed by atoms with Gasteiger partial charge in [0, 0.05) is 13.1 Å². The third kappa shape index (κ3) is 3.46. The molecule has 0 unspecified atom stereocenters. The summed E-state index contributed by atoms with van der Waals surface area (Å²) in [5, 5.41) is 0.590. The van der Waals surface area contributed by atoms with Crippen LogP contribution in [-0.2, 0) is 6.54 Å². The van der Waals surface area contributed by atoms with Gasteiger partial charge in [0.15, 0.2) is 0 Å². The summed E-state index contributed by atoms with van der Waals surface area (Å²) >= 11 is 5.87. The van der Waals surface area contributed by atoms with Gasteiger partial charge < -0.3 is 4.90 Å². The maximum absolute atomic E-state index is 5.87. The first kappa shape index (κ1) is 11.9. The molecule has 88 valence electrons. The lowest BCUT2D eigenvalue weighted by atomic mass is 10.1. The second kappa shape index (κ2) is 5.65. The first-order chi connectivity index (χ1) is 7.74. The largest absolute Gasteiger partial charge is 0.300 e. The maximum Gasteiger partial charge on any atom is 0.129 e. The molecule has 2 nitrogen and oxygen atoms in total. The molecule has 1 aliphatic carbocycles. The van der Waals surface area contributed by atoms with Crippen molar-refractivity contribution >= 4 is 11.6 Å². The molecule has 1 aromatic rings. The Kier molecular flexibility index (Phi) is 4.19. The summed E-state index contributed by atoms with van der Waals surface area (Å²) in [6.45, 7) is 2.09. The monoisotopic (exact) mass is 238 g/mol. The third-order valence-electron chi connectivity index (χ3n) is 3.25. The van der Waals surface area contributed by atoms with E-state index >= 15 is 0 Å². The van der Waals surface area contributed by atoms with Crippen molar-refractivity contribution in [2.24, 2.45) is 5.92 Å². The SMILES string of the molecule is CN(Cc1cccc(Cl)n1)CC1CCCC1. The van der Waals surface area contributed by atoms with Crippen molar-refractivity contribution in [3.63, 3.8) is 0 Å². The van der Waals surface area contributed by atoms with Gasteiger partial charge in [0.05, 0.1) is 5.69 Å². The van der Waals surface area contributed by atoms with Crippen LogP contribution in [0.15, 0.2) is 18.2 Å². The van der Waals surface area contributed by atoms with Crippen LogP contribution in [0, 0.1) is 5.92 Å². The van der Waals surface area contributed by atoms with E-state index in [9.17, 15) is 0 Å². The lowest BCUT2D eigenvalue weighted by Crippen LogP contribution is -2.24. The van der Waals surface area contributed by atoms with E-state index in [2.05, 4.69) is 16.9 Å². The first-order valence-corrected chi connectivity index (χ1v) is 6.42. The molecule has 2 rings (SSSR count). The van der Waals surface area contributed by atoms with Crippen LogP contribution in [0.2, 0.25) is 5.15 Å². The van der Waals surface area contributed by atoms with E-state index in [0.29, 0.717) is 5.15 Å². The van der Waals surface area contributed by atoms with Crippen molar-refractivity contribution < 1.29 is 0 Å². The summed E-state index contributed by atoms with van der Waals surface area (Å²) in [7, 11) is 2.17. The highest BCUT2D eigenvalue weighted by Crippen LogP contribution is 2.25. The molecule has 3 heteroatoms. The minimum absolute atomic E-state index is 0.590. The Morgan fingerprint density at radius 1 is 1.38 bits per heavy atom. The molecule has 1 aliphatic rings. The van der Waals surface area contributed by atoms with Gasteiger partial charge in [0.2, 0.25) is 0 Å². The smallest absolute Gasteiger partial charge is 0.129 e. The van der Waals surface area contributed by atoms with Gasteiger partial charge in [-0.3, -0.25) is 0 Å². The molecule has 0 saturated heterocycles. The fourth-order valence-corrected chi connectivity index (χ4v) is 2.69. The van der Waals surface area contributed by atoms with Gasteiger partial charge in [-0.1, -0.05) is 30.5 Å². The lowest BCUT2D eigenvalue weighted by molar-refractivity contribution is 0.268. The highest BCUT2D eigenvalue weighted by molar-refractivity contribution is 6.29. The standard InChI is InChI=1S/C13H19ClN2/c1-16(9-11-5-2-3-6-11)10-12-7-4-8-13(14)15-12/h4,7-8,11H,2-3,5-6,9-10H2,1H3. The molecule has 1 fully saturated rings. The van der Waals surface area contributed by atoms with Crippen LogP contribution in [-0.4, -0.2) is 23.5 Å². The molecule has 0 atom stereocenters. The van der Waals surface area contributed by atoms with Crippen LogP contribution in [0.3, 0.4) is 0 Å². The Bertz CT molecular complexity index is 334. The van der Waals surface area contributed by atoms with E-state index in [1.807, 2.05) is 18.2 Å². The van der Waals surface area contributed by atoms with Crippen molar-refractivity contribution in [1.29, 1.82) is 0 Å². The Morgan fingerprint density at radius 3 is 2.81 bits per heavy atom. The van der Waals surface area contributed by atoms with Crippen molar-refractivity contribution in [3.8, 4) is 0 Å². The van der Waals surface area contributed by atoms with E-state index in [0.717, 1.165) is 18.2 Å². The number of aromatic nitrogens is 1. The molecule has 0 aromatic carbocycles. The van der Waals surface area contributed by atoms with E-state index in [-0.39, 0.29) is 0 Å². The average Bonchev–Trinajstić information content (AvgIpc) is 2.70. The summed E-state index contributed by atoms with van der Waals surface area (Å²) in [6.07, 6.45) is 5.61. The van der Waals surface area contributed by atoms with E-state index in [1.54, 1.807) is 0 Å². The fraction of sp³-hybridized carbons (Fsp3) is 0.615. The molecular weight excluding hydrogens is 220 g/mol. The van der Waals surface area contributed by atoms with Crippen LogP contribution < -0.4 is 0 Å². The molecular formula is C13H19ClN2. The second-order valence-corrected chi connectivity index (χ2v) is 5.19. The predicted octanol–water partition coefficient (Wildman–Crippen LogP) is 3.36. The van der Waals surface area contributed by atoms with Gasteiger partial charge in [-0.2, -0.15) is 0 Å². The van der Waals surface area contributed by atoms with Crippen LogP contribution in [0.25, 0.3) is 0 Å². The normalized spacial score (nSPS) is 17.2. The van der Waals surface area contributed by atoms with E-state index in [1.165, 1.54) is 32.2 Å². The van der Waals surface area contributed by atoms with Crippen LogP contribution in [0.5, 0.6) is 0 Å². The number of hydrogen-bond acceptors (Lipinski definition) is 2. The fourth-order valence-electron chi connectivity index (χ4n) is 2.51. The topological polar surface area (TPSA) is 16.1 Å². The van der Waals surface area contributed by atoms with E-state index in [4.69, 9.17) is 11.6 Å². The molecule has 0 aliphatic heterocycles. The maximum atomic E-state index is 5.87. The molecule has 0 radical (unpaired) electrons. The quantitative estimate of drug-likeness (QED) is 0.748. The number of pyridine rings is 1. The van der Waals surface area contributed by atoms with Gasteiger partial charge in [0.1, 0.15) is 5.15 Å². The average molecular weight is 239 g/mol. The zero-order chi connectivity index (χ0) is 11.4. The Morgan fingerprint density at radius 2 is 2.12 bits per heavy atom. The van der Waals surface area contributed by atoms with Gasteiger partial charge in [-0.05, 0) is 37.9 Å². The molecule has 0 bridgehead atoms. The lowest BCUT2D eigenvalue weighted by Gasteiger charge is -2.20. The summed E-state index contributed by atoms with van der Waals surface area (Å²) < 4.78 is 0. The predicted molar refractivity (Wildman–Crippen MR) is 67.5 cm³/mol. The molecule has 0 spiro atoms. The second-order valence-electron chi connectivity index (χ2n) is 4.80. The molecule has 0 N–H and O–H groups in total. The number of halogens is 1. The number of nitrogens with zero attached hydrogens (tertiary/aromatic N) is 2. The number of rotatable bonds is 4. The van der Waals surface area contributed by atoms with Gasteiger partial charge in [0.25, 0.3) is 0 Å². The third-order valence-corrected chi connectivity index (χ3v) is 3.46. The summed E-state index contributed by atoms with van der Waals surface area (Å²) in [6, 6.07) is 5.83. The zero-order valence-corrected chi connectivity index (χ0v) is 10.6. The van der Waals surface area contributed by atoms with Gasteiger partial charge >= 0.3 is 0 Å². The van der Waals surface area contributed by atoms with Crippen molar-refractivity contribution in [3.05, 3.63) is 29.0 Å². The minimum atomic E-state index is 0.590. The molecule has 1 aromatic heterocycles. The Balaban J connectivity index is 1.84. The van der Waals surface area contributed by atoms with Crippen molar-refractivity contribution in [2.45, 2.75) is 32.2 Å². The highest BCUT2D eigenvalue weighted by atomic mass is 35.5.